The van der Waals surface area contributed by atoms with Gasteiger partial charge >= 0.3 is 0 Å². The van der Waals surface area contributed by atoms with Crippen molar-refractivity contribution in [3.63, 3.8) is 0 Å². The van der Waals surface area contributed by atoms with Crippen LogP contribution in [0.1, 0.15) is 46.5 Å². The van der Waals surface area contributed by atoms with Crippen LogP contribution in [0.2, 0.25) is 0 Å². The van der Waals surface area contributed by atoms with Gasteiger partial charge in [-0.1, -0.05) is 43.1 Å². The van der Waals surface area contributed by atoms with Gasteiger partial charge in [0, 0.05) is 10.7 Å². The van der Waals surface area contributed by atoms with E-state index < -0.39 is 6.17 Å². The third-order valence-corrected chi connectivity index (χ3v) is 4.46. The van der Waals surface area contributed by atoms with Gasteiger partial charge in [-0.3, -0.25) is 0 Å². The second-order valence-electron chi connectivity index (χ2n) is 4.23. The minimum absolute atomic E-state index is 0.127. The van der Waals surface area contributed by atoms with E-state index in [0.29, 0.717) is 23.0 Å². The van der Waals surface area contributed by atoms with Crippen LogP contribution in [0.4, 0.5) is 4.39 Å². The van der Waals surface area contributed by atoms with Crippen molar-refractivity contribution in [3.8, 4) is 0 Å². The lowest BCUT2D eigenvalue weighted by Gasteiger charge is -2.30. The van der Waals surface area contributed by atoms with Crippen molar-refractivity contribution in [2.45, 2.75) is 57.5 Å². The van der Waals surface area contributed by atoms with Crippen molar-refractivity contribution in [1.29, 1.82) is 0 Å². The first kappa shape index (κ1) is 15.7. The smallest absolute Gasteiger partial charge is 0.103 e. The lowest BCUT2D eigenvalue weighted by molar-refractivity contribution is 0.164. The average Bonchev–Trinajstić information content (AvgIpc) is 2.24. The van der Waals surface area contributed by atoms with E-state index in [4.69, 9.17) is 11.6 Å². The average molecular weight is 302 g/mol. The molecule has 3 heteroatoms. The molecule has 3 unspecified atom stereocenters. The van der Waals surface area contributed by atoms with Crippen molar-refractivity contribution in [2.24, 2.45) is 11.8 Å². The second-order valence-corrected chi connectivity index (χ2v) is 5.78. The Balaban J connectivity index is 4.34. The molecule has 92 valence electrons. The van der Waals surface area contributed by atoms with Gasteiger partial charge in [-0.05, 0) is 31.1 Å². The van der Waals surface area contributed by atoms with E-state index in [1.54, 1.807) is 0 Å². The summed E-state index contributed by atoms with van der Waals surface area (Å²) < 4.78 is 13.6. The fraction of sp³-hybridized carbons (Fsp3) is 1.00. The summed E-state index contributed by atoms with van der Waals surface area (Å²) in [4.78, 5) is 0.356. The summed E-state index contributed by atoms with van der Waals surface area (Å²) in [5, 5.41) is 0. The van der Waals surface area contributed by atoms with Gasteiger partial charge in [0.1, 0.15) is 6.17 Å². The quantitative estimate of drug-likeness (QED) is 0.542. The van der Waals surface area contributed by atoms with Crippen molar-refractivity contribution in [3.05, 3.63) is 0 Å². The lowest BCUT2D eigenvalue weighted by atomic mass is 9.82. The predicted octanol–water partition coefficient (Wildman–Crippen LogP) is 5.18. The maximum Gasteiger partial charge on any atom is 0.103 e. The Morgan fingerprint density at radius 3 is 2.27 bits per heavy atom. The molecule has 4 atom stereocenters. The second kappa shape index (κ2) is 8.81. The Morgan fingerprint density at radius 2 is 1.87 bits per heavy atom. The topological polar surface area (TPSA) is 0 Å². The summed E-state index contributed by atoms with van der Waals surface area (Å²) >= 11 is 9.39. The van der Waals surface area contributed by atoms with Gasteiger partial charge in [0.2, 0.25) is 0 Å². The van der Waals surface area contributed by atoms with Crippen LogP contribution in [-0.2, 0) is 0 Å². The highest BCUT2D eigenvalue weighted by Gasteiger charge is 2.28. The molecular weight excluding hydrogens is 278 g/mol. The molecule has 0 aromatic carbocycles. The summed E-state index contributed by atoms with van der Waals surface area (Å²) in [7, 11) is 0. The van der Waals surface area contributed by atoms with Crippen LogP contribution in [0.15, 0.2) is 0 Å². The van der Waals surface area contributed by atoms with E-state index in [9.17, 15) is 4.39 Å². The molecule has 0 rings (SSSR count). The van der Waals surface area contributed by atoms with Crippen LogP contribution < -0.4 is 0 Å². The van der Waals surface area contributed by atoms with Crippen LogP contribution in [0, 0.1) is 11.8 Å². The highest BCUT2D eigenvalue weighted by molar-refractivity contribution is 9.09. The molecule has 0 bridgehead atoms. The number of hydrogen-bond donors (Lipinski definition) is 0. The number of alkyl halides is 3. The first-order chi connectivity index (χ1) is 7.08. The van der Waals surface area contributed by atoms with Gasteiger partial charge in [0.05, 0.1) is 0 Å². The van der Waals surface area contributed by atoms with E-state index in [0.717, 1.165) is 19.3 Å². The summed E-state index contributed by atoms with van der Waals surface area (Å²) in [6, 6.07) is 0. The van der Waals surface area contributed by atoms with Crippen molar-refractivity contribution in [1.82, 2.24) is 0 Å². The van der Waals surface area contributed by atoms with E-state index >= 15 is 0 Å². The molecular formula is C12H23BrClF. The molecule has 0 aliphatic heterocycles. The molecule has 0 heterocycles. The first-order valence-corrected chi connectivity index (χ1v) is 7.37. The normalized spacial score (nSPS) is 19.6. The van der Waals surface area contributed by atoms with Crippen LogP contribution in [-0.4, -0.2) is 16.9 Å². The molecule has 0 fully saturated rings. The Kier molecular flexibility index (Phi) is 9.22. The van der Waals surface area contributed by atoms with E-state index in [-0.39, 0.29) is 5.92 Å². The third-order valence-electron chi connectivity index (χ3n) is 3.11. The summed E-state index contributed by atoms with van der Waals surface area (Å²) in [5.41, 5.74) is 0. The van der Waals surface area contributed by atoms with Crippen LogP contribution in [0.3, 0.4) is 0 Å². The Bertz CT molecular complexity index is 155. The summed E-state index contributed by atoms with van der Waals surface area (Å²) in [6.45, 7) is 6.09. The fourth-order valence-electron chi connectivity index (χ4n) is 2.06. The molecule has 0 saturated heterocycles. The zero-order valence-electron chi connectivity index (χ0n) is 9.98. The van der Waals surface area contributed by atoms with Gasteiger partial charge < -0.3 is 0 Å². The Morgan fingerprint density at radius 1 is 1.27 bits per heavy atom. The largest absolute Gasteiger partial charge is 0.247 e. The molecule has 0 aliphatic rings. The highest BCUT2D eigenvalue weighted by Crippen LogP contribution is 2.32. The molecule has 0 amide bonds. The molecule has 0 saturated carbocycles. The van der Waals surface area contributed by atoms with E-state index in [2.05, 4.69) is 22.9 Å². The minimum atomic E-state index is -0.683. The molecule has 0 aromatic rings. The first-order valence-electron chi connectivity index (χ1n) is 5.92. The maximum atomic E-state index is 13.6. The van der Waals surface area contributed by atoms with Crippen LogP contribution >= 0.6 is 27.5 Å². The van der Waals surface area contributed by atoms with Crippen molar-refractivity contribution >= 4 is 27.5 Å². The van der Waals surface area contributed by atoms with Crippen molar-refractivity contribution in [2.75, 3.05) is 5.88 Å². The highest BCUT2D eigenvalue weighted by atomic mass is 79.9. The Hall–Kier alpha value is 0.700. The number of rotatable bonds is 8. The monoisotopic (exact) mass is 300 g/mol. The van der Waals surface area contributed by atoms with Crippen LogP contribution in [0.25, 0.3) is 0 Å². The summed E-state index contributed by atoms with van der Waals surface area (Å²) in [5.74, 6) is 1.18. The third kappa shape index (κ3) is 5.53. The molecule has 0 nitrogen and oxygen atoms in total. The maximum absolute atomic E-state index is 13.6. The van der Waals surface area contributed by atoms with Gasteiger partial charge in [0.15, 0.2) is 0 Å². The minimum Gasteiger partial charge on any atom is -0.247 e. The molecule has 0 radical (unpaired) electrons. The Labute approximate surface area is 107 Å². The summed E-state index contributed by atoms with van der Waals surface area (Å²) in [6.07, 6.45) is 3.04. The molecule has 0 aliphatic carbocycles. The van der Waals surface area contributed by atoms with E-state index in [1.807, 2.05) is 13.8 Å². The van der Waals surface area contributed by atoms with Gasteiger partial charge in [0.25, 0.3) is 0 Å². The number of halogens is 3. The molecule has 15 heavy (non-hydrogen) atoms. The lowest BCUT2D eigenvalue weighted by Crippen LogP contribution is -2.28. The molecule has 0 aromatic heterocycles. The SMILES string of the molecule is CCCC(C(Br)CCCl)C(C)[C@@H](F)CC. The molecule has 0 spiro atoms. The fourth-order valence-corrected chi connectivity index (χ4v) is 3.54. The zero-order valence-corrected chi connectivity index (χ0v) is 12.3. The zero-order chi connectivity index (χ0) is 11.8. The predicted molar refractivity (Wildman–Crippen MR) is 70.8 cm³/mol. The van der Waals surface area contributed by atoms with Gasteiger partial charge in [-0.15, -0.1) is 11.6 Å². The number of hydrogen-bond acceptors (Lipinski definition) is 0. The van der Waals surface area contributed by atoms with Gasteiger partial charge in [-0.25, -0.2) is 4.39 Å². The molecule has 0 N–H and O–H groups in total. The van der Waals surface area contributed by atoms with Gasteiger partial charge in [-0.2, -0.15) is 0 Å². The van der Waals surface area contributed by atoms with Crippen molar-refractivity contribution < 1.29 is 4.39 Å². The standard InChI is InChI=1S/C12H23BrClF/c1-4-6-10(11(13)7-8-14)9(3)12(15)5-2/h9-12H,4-8H2,1-3H3/t9?,10?,11?,12-/m0/s1. The van der Waals surface area contributed by atoms with E-state index in [1.165, 1.54) is 0 Å². The van der Waals surface area contributed by atoms with Crippen LogP contribution in [0.5, 0.6) is 0 Å².